The van der Waals surface area contributed by atoms with Crippen LogP contribution in [-0.2, 0) is 18.4 Å². The van der Waals surface area contributed by atoms with Gasteiger partial charge in [-0.15, -0.1) is 0 Å². The van der Waals surface area contributed by atoms with Crippen LogP contribution in [0.2, 0.25) is 0 Å². The Balaban J connectivity index is 0.00000267. The molecule has 0 aliphatic heterocycles. The van der Waals surface area contributed by atoms with Gasteiger partial charge in [-0.2, -0.15) is 0 Å². The Kier molecular flexibility index (Phi) is 17.7. The van der Waals surface area contributed by atoms with Crippen LogP contribution in [0.25, 0.3) is 66.8 Å². The van der Waals surface area contributed by atoms with Gasteiger partial charge >= 0.3 is 436 Å². The number of hydrogen-bond acceptors (Lipinski definition) is 0. The van der Waals surface area contributed by atoms with Gasteiger partial charge in [-0.3, -0.25) is 0 Å². The fraction of sp³-hybridized carbons (Fsp3) is 0.159. The third kappa shape index (κ3) is 11.4. The first-order valence-corrected chi connectivity index (χ1v) is 30.4. The monoisotopic (exact) mass is 1070 g/mol. The van der Waals surface area contributed by atoms with Gasteiger partial charge in [-0.1, -0.05) is 0 Å². The van der Waals surface area contributed by atoms with E-state index in [1.54, 1.807) is 3.88 Å². The molecule has 10 rings (SSSR count). The molecule has 9 aromatic rings. The summed E-state index contributed by atoms with van der Waals surface area (Å²) in [4.78, 5) is 0. The molecule has 74 heavy (non-hydrogen) atoms. The summed E-state index contributed by atoms with van der Waals surface area (Å²) < 4.78 is 1.68. The van der Waals surface area contributed by atoms with Gasteiger partial charge in [-0.25, -0.2) is 0 Å². The topological polar surface area (TPSA) is 0 Å². The molecule has 1 aliphatic rings. The van der Waals surface area contributed by atoms with Crippen LogP contribution in [0, 0.1) is 47.5 Å². The molecule has 0 aromatic heterocycles. The average Bonchev–Trinajstić information content (AvgIpc) is 3.55. The molecule has 0 N–H and O–H groups in total. The third-order valence-electron chi connectivity index (χ3n) is 15.2. The molecule has 0 amide bonds. The molecule has 0 saturated carbocycles. The number of allylic oxidation sites excluding steroid dienone is 4. The molecule has 0 heterocycles. The van der Waals surface area contributed by atoms with E-state index in [0.29, 0.717) is 5.92 Å². The van der Waals surface area contributed by atoms with Crippen molar-refractivity contribution in [1.29, 1.82) is 0 Å². The van der Waals surface area contributed by atoms with Crippen molar-refractivity contribution in [2.45, 2.75) is 69.2 Å². The normalized spacial score (nSPS) is 13.2. The van der Waals surface area contributed by atoms with Crippen LogP contribution in [0.3, 0.4) is 0 Å². The van der Waals surface area contributed by atoms with Gasteiger partial charge in [0, 0.05) is 0 Å². The quantitative estimate of drug-likeness (QED) is 0.0916. The summed E-state index contributed by atoms with van der Waals surface area (Å²) in [5, 5.41) is 4.41. The predicted octanol–water partition coefficient (Wildman–Crippen LogP) is 7.86. The molecule has 0 nitrogen and oxygen atoms in total. The molecule has 369 valence electrons. The van der Waals surface area contributed by atoms with E-state index in [1.807, 2.05) is 0 Å². The summed E-state index contributed by atoms with van der Waals surface area (Å²) in [7, 11) is 0. The second kappa shape index (κ2) is 23.4. The van der Waals surface area contributed by atoms with E-state index in [1.165, 1.54) is 132 Å². The van der Waals surface area contributed by atoms with E-state index >= 15 is 0 Å². The molecule has 1 aliphatic carbocycles. The van der Waals surface area contributed by atoms with E-state index in [9.17, 15) is 0 Å². The fourth-order valence-electron chi connectivity index (χ4n) is 11.0. The number of hydrogen-bond donors (Lipinski definition) is 0. The summed E-state index contributed by atoms with van der Waals surface area (Å²) in [5.41, 5.74) is 27.2. The minimum atomic E-state index is -3.16. The second-order valence-electron chi connectivity index (χ2n) is 20.6. The van der Waals surface area contributed by atoms with Crippen molar-refractivity contribution in [2.24, 2.45) is 5.92 Å². The van der Waals surface area contributed by atoms with Crippen LogP contribution >= 0.6 is 0 Å². The van der Waals surface area contributed by atoms with Crippen LogP contribution in [0.5, 0.6) is 0 Å². The molecular formula is C69H64Cl3SiTi. The third-order valence-corrected chi connectivity index (χ3v) is 27.6. The van der Waals surface area contributed by atoms with E-state index in [0.717, 1.165) is 0 Å². The zero-order valence-electron chi connectivity index (χ0n) is 44.3. The van der Waals surface area contributed by atoms with Crippen molar-refractivity contribution in [2.75, 3.05) is 0 Å². The smallest absolute Gasteiger partial charge is 1.00 e. The number of rotatable bonds is 11. The summed E-state index contributed by atoms with van der Waals surface area (Å²) in [6.45, 7) is 23.0. The number of halogens is 3. The summed E-state index contributed by atoms with van der Waals surface area (Å²) >= 11 is -0.991. The van der Waals surface area contributed by atoms with Gasteiger partial charge in [0.15, 0.2) is 0 Å². The van der Waals surface area contributed by atoms with Crippen molar-refractivity contribution in [3.8, 4) is 66.8 Å². The summed E-state index contributed by atoms with van der Waals surface area (Å²) in [5.74, 6) is -2.79. The summed E-state index contributed by atoms with van der Waals surface area (Å²) in [6.07, 6.45) is 0. The molecule has 9 aromatic carbocycles. The Morgan fingerprint density at radius 2 is 0.514 bits per heavy atom. The Bertz CT molecular complexity index is 3080. The zero-order chi connectivity index (χ0) is 49.6. The van der Waals surface area contributed by atoms with E-state index in [-0.39, 0.29) is 37.2 Å². The van der Waals surface area contributed by atoms with Crippen molar-refractivity contribution in [3.05, 3.63) is 254 Å². The van der Waals surface area contributed by atoms with Crippen molar-refractivity contribution >= 4 is 21.5 Å². The van der Waals surface area contributed by atoms with Gasteiger partial charge < -0.3 is 37.2 Å². The Hall–Kier alpha value is -5.74. The van der Waals surface area contributed by atoms with Gasteiger partial charge in [0.05, 0.1) is 0 Å². The fourth-order valence-corrected chi connectivity index (χ4v) is 23.9. The van der Waals surface area contributed by atoms with Crippen LogP contribution in [0.1, 0.15) is 61.1 Å². The van der Waals surface area contributed by atoms with Gasteiger partial charge in [0.2, 0.25) is 0 Å². The molecule has 0 radical (unpaired) electrons. The largest absolute Gasteiger partial charge is 1.00 e. The molecule has 0 saturated heterocycles. The first-order chi connectivity index (χ1) is 34.2. The zero-order valence-corrected chi connectivity index (χ0v) is 49.1. The predicted molar refractivity (Wildman–Crippen MR) is 305 cm³/mol. The van der Waals surface area contributed by atoms with E-state index in [2.05, 4.69) is 269 Å². The first-order valence-electron chi connectivity index (χ1n) is 25.3. The van der Waals surface area contributed by atoms with Crippen LogP contribution in [0.15, 0.2) is 221 Å². The van der Waals surface area contributed by atoms with Crippen LogP contribution < -0.4 is 52.8 Å². The Morgan fingerprint density at radius 1 is 0.284 bits per heavy atom. The van der Waals surface area contributed by atoms with Crippen molar-refractivity contribution < 1.29 is 55.6 Å². The number of benzene rings is 9. The van der Waals surface area contributed by atoms with Gasteiger partial charge in [-0.05, 0) is 0 Å². The maximum atomic E-state index is 2.64. The molecule has 0 bridgehead atoms. The maximum absolute atomic E-state index is 3.16. The standard InChI is InChI=1S/C60H51Si.C9H13.3ClH.Ti/c1-40-13-7-19-46(25-40)52-31-53(47-20-8-14-41(2)26-47)35-58(34-52)61(59-36-54(48-21-9-15-42(3)27-48)32-55(37-59)49-22-10-16-43(4)28-49)60-38-56(50-23-11-17-44(5)29-50)33-57(39-60)51-24-12-18-45(6)30-51;1-6-5-7(2)9(4)8(6)3;;;;/h7-39H,1-6H3;6H,1-4H3;3*1H;/q;;;;;+3/p-3. The van der Waals surface area contributed by atoms with Crippen molar-refractivity contribution in [3.63, 3.8) is 0 Å². The molecule has 0 fully saturated rings. The minimum absolute atomic E-state index is 0. The van der Waals surface area contributed by atoms with Crippen LogP contribution in [-0.4, -0.2) is 5.94 Å². The van der Waals surface area contributed by atoms with E-state index in [4.69, 9.17) is 0 Å². The first kappa shape index (κ1) is 56.0. The molecule has 5 heteroatoms. The van der Waals surface area contributed by atoms with E-state index < -0.39 is 24.3 Å². The minimum Gasteiger partial charge on any atom is -1.00 e. The maximum Gasteiger partial charge on any atom is -1.00 e. The molecule has 0 spiro atoms. The molecular weight excluding hydrogens is 1010 g/mol. The van der Waals surface area contributed by atoms with Gasteiger partial charge in [0.1, 0.15) is 0 Å². The van der Waals surface area contributed by atoms with Gasteiger partial charge in [0.25, 0.3) is 0 Å². The van der Waals surface area contributed by atoms with Crippen molar-refractivity contribution in [1.82, 2.24) is 0 Å². The Morgan fingerprint density at radius 3 is 0.703 bits per heavy atom. The molecule has 1 atom stereocenters. The SMILES string of the molecule is CC1=C(C)C(C)[C]([Ti+3][Si](c2cc(-c3cccc(C)c3)cc(-c3cccc(C)c3)c2)(c2cc(-c3cccc(C)c3)cc(-c3cccc(C)c3)c2)c2cc(-c3cccc(C)c3)cc(-c3cccc(C)c3)c2)=C1C.[Cl-].[Cl-].[Cl-]. The molecule has 1 unspecified atom stereocenters. The van der Waals surface area contributed by atoms with Crippen LogP contribution in [0.4, 0.5) is 0 Å². The average molecular weight is 1080 g/mol. The Labute approximate surface area is 469 Å². The summed E-state index contributed by atoms with van der Waals surface area (Å²) in [6, 6.07) is 78.1. The second-order valence-corrected chi connectivity index (χ2v) is 29.6. The number of aryl methyl sites for hydroxylation is 6.